The molecule has 0 aromatic carbocycles. The van der Waals surface area contributed by atoms with Gasteiger partial charge in [-0.05, 0) is 12.1 Å². The Morgan fingerprint density at radius 1 is 1.50 bits per heavy atom. The Morgan fingerprint density at radius 3 is 2.69 bits per heavy atom. The van der Waals surface area contributed by atoms with E-state index in [9.17, 15) is 14.4 Å². The molecule has 0 atom stereocenters. The fourth-order valence-corrected chi connectivity index (χ4v) is 1.90. The molecule has 0 saturated heterocycles. The average Bonchev–Trinajstić information content (AvgIpc) is 2.73. The van der Waals surface area contributed by atoms with Crippen LogP contribution in [-0.2, 0) is 4.79 Å². The number of hydrogen-bond donors (Lipinski definition) is 1. The lowest BCUT2D eigenvalue weighted by Gasteiger charge is -2.14. The predicted octanol–water partition coefficient (Wildman–Crippen LogP) is 1.11. The maximum absolute atomic E-state index is 11.7. The summed E-state index contributed by atoms with van der Waals surface area (Å²) < 4.78 is 0. The number of aliphatic carboxylic acids is 1. The van der Waals surface area contributed by atoms with Crippen molar-refractivity contribution in [3.63, 3.8) is 0 Å². The van der Waals surface area contributed by atoms with Crippen LogP contribution in [0.15, 0.2) is 12.1 Å². The molecule has 5 nitrogen and oxygen atoms in total. The number of nitrogens with zero attached hydrogens (tertiary/aromatic N) is 1. The van der Waals surface area contributed by atoms with Crippen molar-refractivity contribution >= 4 is 29.5 Å². The Hall–Kier alpha value is -1.69. The number of hydrogen-bond acceptors (Lipinski definition) is 4. The molecule has 1 aromatic heterocycles. The summed E-state index contributed by atoms with van der Waals surface area (Å²) in [5.74, 6) is -1.21. The van der Waals surface area contributed by atoms with Gasteiger partial charge in [0.2, 0.25) is 0 Å². The number of rotatable bonds is 5. The third-order valence-corrected chi connectivity index (χ3v) is 2.96. The molecule has 0 aliphatic heterocycles. The van der Waals surface area contributed by atoms with E-state index in [1.165, 1.54) is 11.9 Å². The van der Waals surface area contributed by atoms with Crippen LogP contribution in [0.4, 0.5) is 0 Å². The standard InChI is InChI=1S/C10H11NO4S/c1-11(5-4-9(13)14)10(15)8-3-2-7(6-12)16-8/h2-3,6H,4-5H2,1H3,(H,13,14). The fourth-order valence-electron chi connectivity index (χ4n) is 1.08. The van der Waals surface area contributed by atoms with Gasteiger partial charge in [0, 0.05) is 13.6 Å². The zero-order chi connectivity index (χ0) is 12.1. The molecular weight excluding hydrogens is 230 g/mol. The first-order chi connectivity index (χ1) is 7.54. The summed E-state index contributed by atoms with van der Waals surface area (Å²) in [6, 6.07) is 3.13. The largest absolute Gasteiger partial charge is 0.481 e. The molecule has 1 amide bonds. The first-order valence-electron chi connectivity index (χ1n) is 4.57. The van der Waals surface area contributed by atoms with Gasteiger partial charge >= 0.3 is 5.97 Å². The third-order valence-electron chi connectivity index (χ3n) is 1.96. The molecule has 1 aromatic rings. The van der Waals surface area contributed by atoms with Crippen molar-refractivity contribution in [1.29, 1.82) is 0 Å². The minimum Gasteiger partial charge on any atom is -0.481 e. The zero-order valence-corrected chi connectivity index (χ0v) is 9.49. The molecule has 0 spiro atoms. The maximum Gasteiger partial charge on any atom is 0.305 e. The van der Waals surface area contributed by atoms with Crippen LogP contribution in [0, 0.1) is 0 Å². The van der Waals surface area contributed by atoms with Gasteiger partial charge < -0.3 is 10.0 Å². The second-order valence-electron chi connectivity index (χ2n) is 3.19. The molecule has 0 aliphatic carbocycles. The van der Waals surface area contributed by atoms with Crippen LogP contribution < -0.4 is 0 Å². The van der Waals surface area contributed by atoms with E-state index in [2.05, 4.69) is 0 Å². The van der Waals surface area contributed by atoms with Crippen LogP contribution in [0.2, 0.25) is 0 Å². The average molecular weight is 241 g/mol. The Kier molecular flexibility index (Phi) is 4.19. The Bertz CT molecular complexity index is 413. The van der Waals surface area contributed by atoms with Crippen LogP contribution >= 0.6 is 11.3 Å². The number of carbonyl (C=O) groups is 3. The van der Waals surface area contributed by atoms with E-state index in [0.29, 0.717) is 16.0 Å². The maximum atomic E-state index is 11.7. The van der Waals surface area contributed by atoms with E-state index in [1.807, 2.05) is 0 Å². The number of thiophene rings is 1. The Balaban J connectivity index is 2.62. The minimum absolute atomic E-state index is 0.0891. The van der Waals surface area contributed by atoms with Gasteiger partial charge in [-0.2, -0.15) is 0 Å². The highest BCUT2D eigenvalue weighted by Gasteiger charge is 2.14. The van der Waals surface area contributed by atoms with Gasteiger partial charge in [0.15, 0.2) is 6.29 Å². The molecule has 0 unspecified atom stereocenters. The van der Waals surface area contributed by atoms with Crippen LogP contribution in [0.5, 0.6) is 0 Å². The normalized spacial score (nSPS) is 9.81. The summed E-state index contributed by atoms with van der Waals surface area (Å²) in [5, 5.41) is 8.48. The predicted molar refractivity (Wildman–Crippen MR) is 58.9 cm³/mol. The third kappa shape index (κ3) is 3.16. The molecule has 0 aliphatic rings. The van der Waals surface area contributed by atoms with Gasteiger partial charge in [-0.1, -0.05) is 0 Å². The molecule has 0 bridgehead atoms. The summed E-state index contributed by atoms with van der Waals surface area (Å²) in [4.78, 5) is 34.7. The Labute approximate surface area is 96.3 Å². The summed E-state index contributed by atoms with van der Waals surface area (Å²) in [6.07, 6.45) is 0.590. The fraction of sp³-hybridized carbons (Fsp3) is 0.300. The van der Waals surface area contributed by atoms with E-state index >= 15 is 0 Å². The van der Waals surface area contributed by atoms with Gasteiger partial charge in [-0.15, -0.1) is 11.3 Å². The topological polar surface area (TPSA) is 74.7 Å². The van der Waals surface area contributed by atoms with Gasteiger partial charge in [0.05, 0.1) is 16.2 Å². The zero-order valence-electron chi connectivity index (χ0n) is 8.67. The highest BCUT2D eigenvalue weighted by atomic mass is 32.1. The summed E-state index contributed by atoms with van der Waals surface area (Å²) >= 11 is 1.10. The van der Waals surface area contributed by atoms with Crippen LogP contribution in [0.3, 0.4) is 0 Å². The van der Waals surface area contributed by atoms with Crippen LogP contribution in [0.1, 0.15) is 25.8 Å². The van der Waals surface area contributed by atoms with Gasteiger partial charge in [0.1, 0.15) is 0 Å². The molecule has 1 N–H and O–H groups in total. The first-order valence-corrected chi connectivity index (χ1v) is 5.38. The number of carboxylic acid groups (broad SMARTS) is 1. The SMILES string of the molecule is CN(CCC(=O)O)C(=O)c1ccc(C=O)s1. The van der Waals surface area contributed by atoms with Gasteiger partial charge in [0.25, 0.3) is 5.91 Å². The first kappa shape index (κ1) is 12.4. The lowest BCUT2D eigenvalue weighted by Crippen LogP contribution is -2.28. The molecule has 0 fully saturated rings. The van der Waals surface area contributed by atoms with E-state index in [4.69, 9.17) is 5.11 Å². The van der Waals surface area contributed by atoms with E-state index in [1.54, 1.807) is 12.1 Å². The lowest BCUT2D eigenvalue weighted by atomic mass is 10.3. The van der Waals surface area contributed by atoms with Crippen molar-refractivity contribution in [2.45, 2.75) is 6.42 Å². The molecule has 0 saturated carbocycles. The molecule has 0 radical (unpaired) electrons. The molecule has 16 heavy (non-hydrogen) atoms. The van der Waals surface area contributed by atoms with Crippen molar-refractivity contribution in [1.82, 2.24) is 4.90 Å². The quantitative estimate of drug-likeness (QED) is 0.783. The van der Waals surface area contributed by atoms with E-state index in [0.717, 1.165) is 11.3 Å². The lowest BCUT2D eigenvalue weighted by molar-refractivity contribution is -0.137. The van der Waals surface area contributed by atoms with Crippen molar-refractivity contribution in [3.8, 4) is 0 Å². The van der Waals surface area contributed by atoms with Crippen molar-refractivity contribution in [2.24, 2.45) is 0 Å². The van der Waals surface area contributed by atoms with Crippen molar-refractivity contribution in [3.05, 3.63) is 21.9 Å². The monoisotopic (exact) mass is 241 g/mol. The van der Waals surface area contributed by atoms with E-state index < -0.39 is 5.97 Å². The van der Waals surface area contributed by atoms with Gasteiger partial charge in [-0.3, -0.25) is 14.4 Å². The smallest absolute Gasteiger partial charge is 0.305 e. The van der Waals surface area contributed by atoms with E-state index in [-0.39, 0.29) is 18.9 Å². The molecular formula is C10H11NO4S. The second kappa shape index (κ2) is 5.41. The van der Waals surface area contributed by atoms with Crippen LogP contribution in [-0.4, -0.2) is 41.8 Å². The summed E-state index contributed by atoms with van der Waals surface area (Å²) in [6.45, 7) is 0.155. The molecule has 6 heteroatoms. The van der Waals surface area contributed by atoms with Crippen LogP contribution in [0.25, 0.3) is 0 Å². The highest BCUT2D eigenvalue weighted by molar-refractivity contribution is 7.15. The second-order valence-corrected chi connectivity index (χ2v) is 4.31. The number of aldehydes is 1. The summed E-state index contributed by atoms with van der Waals surface area (Å²) in [5.41, 5.74) is 0. The van der Waals surface area contributed by atoms with Crippen molar-refractivity contribution < 1.29 is 19.5 Å². The van der Waals surface area contributed by atoms with Crippen molar-refractivity contribution in [2.75, 3.05) is 13.6 Å². The Morgan fingerprint density at radius 2 is 2.19 bits per heavy atom. The van der Waals surface area contributed by atoms with Gasteiger partial charge in [-0.25, -0.2) is 0 Å². The highest BCUT2D eigenvalue weighted by Crippen LogP contribution is 2.16. The summed E-state index contributed by atoms with van der Waals surface area (Å²) in [7, 11) is 1.53. The molecule has 1 heterocycles. The molecule has 1 rings (SSSR count). The number of amides is 1. The minimum atomic E-state index is -0.945. The number of carboxylic acids is 1. The number of carbonyl (C=O) groups excluding carboxylic acids is 2. The molecule has 86 valence electrons.